The standard InChI is InChI=1S/C14H19NO3/c16-10-13-11-18-7-6-15(13)9-14(17)8-12-4-2-1-3-5-12/h1-5,13,16H,6-11H2. The number of hydrogen-bond donors (Lipinski definition) is 1. The largest absolute Gasteiger partial charge is 0.395 e. The molecule has 2 rings (SSSR count). The molecule has 0 aromatic heterocycles. The zero-order valence-electron chi connectivity index (χ0n) is 10.4. The molecule has 0 aliphatic carbocycles. The van der Waals surface area contributed by atoms with Crippen molar-refractivity contribution in [2.24, 2.45) is 0 Å². The monoisotopic (exact) mass is 249 g/mol. The Kier molecular flexibility index (Phi) is 4.87. The second kappa shape index (κ2) is 6.64. The summed E-state index contributed by atoms with van der Waals surface area (Å²) in [6.45, 7) is 2.29. The number of carbonyl (C=O) groups excluding carboxylic acids is 1. The topological polar surface area (TPSA) is 49.8 Å². The lowest BCUT2D eigenvalue weighted by atomic mass is 10.1. The highest BCUT2D eigenvalue weighted by Crippen LogP contribution is 2.07. The summed E-state index contributed by atoms with van der Waals surface area (Å²) in [6.07, 6.45) is 0.455. The maximum atomic E-state index is 12.0. The van der Waals surface area contributed by atoms with E-state index < -0.39 is 0 Å². The summed E-state index contributed by atoms with van der Waals surface area (Å²) in [5.41, 5.74) is 1.04. The summed E-state index contributed by atoms with van der Waals surface area (Å²) in [6, 6.07) is 9.69. The molecule has 1 N–H and O–H groups in total. The first-order valence-electron chi connectivity index (χ1n) is 6.28. The van der Waals surface area contributed by atoms with Gasteiger partial charge in [0.25, 0.3) is 0 Å². The van der Waals surface area contributed by atoms with Gasteiger partial charge in [-0.1, -0.05) is 30.3 Å². The van der Waals surface area contributed by atoms with Crippen LogP contribution in [0.25, 0.3) is 0 Å². The summed E-state index contributed by atoms with van der Waals surface area (Å²) in [5, 5.41) is 9.23. The van der Waals surface area contributed by atoms with E-state index in [1.807, 2.05) is 35.2 Å². The summed E-state index contributed by atoms with van der Waals surface area (Å²) in [4.78, 5) is 14.0. The quantitative estimate of drug-likeness (QED) is 0.825. The van der Waals surface area contributed by atoms with Gasteiger partial charge in [0, 0.05) is 13.0 Å². The Morgan fingerprint density at radius 3 is 2.89 bits per heavy atom. The van der Waals surface area contributed by atoms with E-state index in [9.17, 15) is 9.90 Å². The number of ether oxygens (including phenoxy) is 1. The molecule has 4 heteroatoms. The van der Waals surface area contributed by atoms with Gasteiger partial charge in [-0.25, -0.2) is 0 Å². The van der Waals surface area contributed by atoms with Gasteiger partial charge in [-0.3, -0.25) is 9.69 Å². The van der Waals surface area contributed by atoms with Gasteiger partial charge in [-0.2, -0.15) is 0 Å². The summed E-state index contributed by atoms with van der Waals surface area (Å²) < 4.78 is 5.29. The van der Waals surface area contributed by atoms with E-state index in [-0.39, 0.29) is 18.4 Å². The van der Waals surface area contributed by atoms with E-state index in [0.29, 0.717) is 32.7 Å². The van der Waals surface area contributed by atoms with Gasteiger partial charge in [-0.05, 0) is 5.56 Å². The second-order valence-electron chi connectivity index (χ2n) is 4.58. The number of aliphatic hydroxyl groups excluding tert-OH is 1. The summed E-state index contributed by atoms with van der Waals surface area (Å²) >= 11 is 0. The van der Waals surface area contributed by atoms with Gasteiger partial charge in [0.15, 0.2) is 5.78 Å². The third-order valence-electron chi connectivity index (χ3n) is 3.18. The van der Waals surface area contributed by atoms with Crippen LogP contribution in [0.5, 0.6) is 0 Å². The maximum Gasteiger partial charge on any atom is 0.151 e. The Balaban J connectivity index is 1.86. The van der Waals surface area contributed by atoms with Gasteiger partial charge in [0.05, 0.1) is 32.4 Å². The van der Waals surface area contributed by atoms with Gasteiger partial charge in [0.1, 0.15) is 0 Å². The van der Waals surface area contributed by atoms with E-state index in [2.05, 4.69) is 0 Å². The summed E-state index contributed by atoms with van der Waals surface area (Å²) in [5.74, 6) is 0.182. The van der Waals surface area contributed by atoms with Crippen molar-refractivity contribution in [2.75, 3.05) is 32.9 Å². The van der Waals surface area contributed by atoms with Crippen molar-refractivity contribution in [3.8, 4) is 0 Å². The second-order valence-corrected chi connectivity index (χ2v) is 4.58. The molecule has 0 radical (unpaired) electrons. The Morgan fingerprint density at radius 1 is 1.39 bits per heavy atom. The maximum absolute atomic E-state index is 12.0. The molecule has 18 heavy (non-hydrogen) atoms. The van der Waals surface area contributed by atoms with Crippen LogP contribution in [0.4, 0.5) is 0 Å². The Labute approximate surface area is 107 Å². The zero-order chi connectivity index (χ0) is 12.8. The van der Waals surface area contributed by atoms with Crippen LogP contribution in [0, 0.1) is 0 Å². The lowest BCUT2D eigenvalue weighted by Gasteiger charge is -2.33. The number of morpholine rings is 1. The highest BCUT2D eigenvalue weighted by atomic mass is 16.5. The number of nitrogens with zero attached hydrogens (tertiary/aromatic N) is 1. The van der Waals surface area contributed by atoms with Crippen LogP contribution in [0.3, 0.4) is 0 Å². The van der Waals surface area contributed by atoms with Gasteiger partial charge in [0.2, 0.25) is 0 Å². The Morgan fingerprint density at radius 2 is 2.17 bits per heavy atom. The number of Topliss-reactive ketones (excluding diaryl/α,β-unsaturated/α-hetero) is 1. The number of aliphatic hydroxyl groups is 1. The van der Waals surface area contributed by atoms with Crippen molar-refractivity contribution in [1.29, 1.82) is 0 Å². The normalized spacial score (nSPS) is 20.8. The van der Waals surface area contributed by atoms with Crippen molar-refractivity contribution in [2.45, 2.75) is 12.5 Å². The van der Waals surface area contributed by atoms with Crippen molar-refractivity contribution >= 4 is 5.78 Å². The highest BCUT2D eigenvalue weighted by Gasteiger charge is 2.23. The fraction of sp³-hybridized carbons (Fsp3) is 0.500. The average molecular weight is 249 g/mol. The SMILES string of the molecule is O=C(Cc1ccccc1)CN1CCOCC1CO. The number of rotatable bonds is 5. The first kappa shape index (κ1) is 13.2. The molecule has 1 atom stereocenters. The van der Waals surface area contributed by atoms with Gasteiger partial charge >= 0.3 is 0 Å². The third-order valence-corrected chi connectivity index (χ3v) is 3.18. The first-order chi connectivity index (χ1) is 8.79. The number of benzene rings is 1. The predicted octanol–water partition coefficient (Wildman–Crippen LogP) is 0.491. The highest BCUT2D eigenvalue weighted by molar-refractivity contribution is 5.82. The van der Waals surface area contributed by atoms with Crippen molar-refractivity contribution in [1.82, 2.24) is 4.90 Å². The molecule has 1 aromatic rings. The Bertz CT molecular complexity index is 380. The number of carbonyl (C=O) groups is 1. The van der Waals surface area contributed by atoms with Crippen LogP contribution in [0.1, 0.15) is 5.56 Å². The smallest absolute Gasteiger partial charge is 0.151 e. The minimum absolute atomic E-state index is 0.0403. The van der Waals surface area contributed by atoms with Crippen molar-refractivity contribution in [3.05, 3.63) is 35.9 Å². The molecule has 0 bridgehead atoms. The number of ketones is 1. The van der Waals surface area contributed by atoms with Crippen molar-refractivity contribution < 1.29 is 14.6 Å². The molecule has 0 amide bonds. The minimum atomic E-state index is -0.0431. The minimum Gasteiger partial charge on any atom is -0.395 e. The third kappa shape index (κ3) is 3.63. The fourth-order valence-electron chi connectivity index (χ4n) is 2.17. The zero-order valence-corrected chi connectivity index (χ0v) is 10.4. The van der Waals surface area contributed by atoms with E-state index in [4.69, 9.17) is 4.74 Å². The van der Waals surface area contributed by atoms with E-state index in [1.165, 1.54) is 0 Å². The summed E-state index contributed by atoms with van der Waals surface area (Å²) in [7, 11) is 0. The van der Waals surface area contributed by atoms with E-state index in [1.54, 1.807) is 0 Å². The van der Waals surface area contributed by atoms with Gasteiger partial charge in [-0.15, -0.1) is 0 Å². The van der Waals surface area contributed by atoms with E-state index in [0.717, 1.165) is 5.56 Å². The molecule has 98 valence electrons. The van der Waals surface area contributed by atoms with E-state index >= 15 is 0 Å². The molecule has 1 aromatic carbocycles. The van der Waals surface area contributed by atoms with Crippen LogP contribution < -0.4 is 0 Å². The molecule has 1 saturated heterocycles. The van der Waals surface area contributed by atoms with Crippen LogP contribution in [0.2, 0.25) is 0 Å². The molecular weight excluding hydrogens is 230 g/mol. The van der Waals surface area contributed by atoms with Gasteiger partial charge < -0.3 is 9.84 Å². The molecule has 1 heterocycles. The molecule has 1 aliphatic rings. The fourth-order valence-corrected chi connectivity index (χ4v) is 2.17. The molecule has 1 unspecified atom stereocenters. The predicted molar refractivity (Wildman–Crippen MR) is 68.4 cm³/mol. The van der Waals surface area contributed by atoms with Crippen molar-refractivity contribution in [3.63, 3.8) is 0 Å². The molecule has 1 fully saturated rings. The molecule has 0 saturated carbocycles. The van der Waals surface area contributed by atoms with Crippen LogP contribution in [-0.4, -0.2) is 54.7 Å². The first-order valence-corrected chi connectivity index (χ1v) is 6.28. The molecule has 4 nitrogen and oxygen atoms in total. The Hall–Kier alpha value is -1.23. The van der Waals surface area contributed by atoms with Crippen LogP contribution >= 0.6 is 0 Å². The molecule has 1 aliphatic heterocycles. The average Bonchev–Trinajstić information content (AvgIpc) is 2.40. The lowest BCUT2D eigenvalue weighted by Crippen LogP contribution is -2.49. The van der Waals surface area contributed by atoms with Crippen LogP contribution in [0.15, 0.2) is 30.3 Å². The molecular formula is C14H19NO3. The lowest BCUT2D eigenvalue weighted by molar-refractivity contribution is -0.122. The molecule has 0 spiro atoms. The van der Waals surface area contributed by atoms with Crippen LogP contribution in [-0.2, 0) is 16.0 Å². The number of hydrogen-bond acceptors (Lipinski definition) is 4.